The monoisotopic (exact) mass is 338 g/mol. The third-order valence-corrected chi connectivity index (χ3v) is 4.18. The first-order valence-electron chi connectivity index (χ1n) is 6.81. The SMILES string of the molecule is CCN(CC(=O)NC)C(=O)[C@H]1C[C@H]1c1cccc(Br)c1. The number of amides is 2. The molecule has 5 heteroatoms. The number of hydrogen-bond donors (Lipinski definition) is 1. The zero-order chi connectivity index (χ0) is 14.7. The summed E-state index contributed by atoms with van der Waals surface area (Å²) < 4.78 is 1.03. The van der Waals surface area contributed by atoms with Crippen molar-refractivity contribution >= 4 is 27.7 Å². The smallest absolute Gasteiger partial charge is 0.239 e. The molecule has 1 aromatic rings. The highest BCUT2D eigenvalue weighted by molar-refractivity contribution is 9.10. The van der Waals surface area contributed by atoms with Crippen molar-refractivity contribution in [2.45, 2.75) is 19.3 Å². The van der Waals surface area contributed by atoms with Crippen LogP contribution in [0.2, 0.25) is 0 Å². The van der Waals surface area contributed by atoms with Crippen LogP contribution in [0.25, 0.3) is 0 Å². The van der Waals surface area contributed by atoms with E-state index < -0.39 is 0 Å². The lowest BCUT2D eigenvalue weighted by Crippen LogP contribution is -2.40. The van der Waals surface area contributed by atoms with E-state index in [0.717, 1.165) is 10.9 Å². The predicted octanol–water partition coefficient (Wildman–Crippen LogP) is 2.15. The molecule has 1 aromatic carbocycles. The van der Waals surface area contributed by atoms with Crippen molar-refractivity contribution in [3.63, 3.8) is 0 Å². The number of benzene rings is 1. The number of hydrogen-bond acceptors (Lipinski definition) is 2. The summed E-state index contributed by atoms with van der Waals surface area (Å²) in [4.78, 5) is 25.4. The van der Waals surface area contributed by atoms with Crippen molar-refractivity contribution in [2.75, 3.05) is 20.1 Å². The molecule has 0 spiro atoms. The van der Waals surface area contributed by atoms with E-state index >= 15 is 0 Å². The minimum atomic E-state index is -0.125. The normalized spacial score (nSPS) is 20.4. The molecule has 1 aliphatic carbocycles. The van der Waals surface area contributed by atoms with Gasteiger partial charge in [-0.15, -0.1) is 0 Å². The summed E-state index contributed by atoms with van der Waals surface area (Å²) in [6.45, 7) is 2.61. The van der Waals surface area contributed by atoms with Crippen LogP contribution in [0, 0.1) is 5.92 Å². The molecule has 108 valence electrons. The Balaban J connectivity index is 1.99. The van der Waals surface area contributed by atoms with Gasteiger partial charge in [-0.1, -0.05) is 28.1 Å². The minimum Gasteiger partial charge on any atom is -0.358 e. The van der Waals surface area contributed by atoms with E-state index in [2.05, 4.69) is 33.4 Å². The van der Waals surface area contributed by atoms with Crippen molar-refractivity contribution in [1.29, 1.82) is 0 Å². The third-order valence-electron chi connectivity index (χ3n) is 3.69. The molecule has 2 rings (SSSR count). The molecule has 0 aromatic heterocycles. The van der Waals surface area contributed by atoms with Gasteiger partial charge in [0.15, 0.2) is 0 Å². The molecule has 0 saturated heterocycles. The topological polar surface area (TPSA) is 49.4 Å². The summed E-state index contributed by atoms with van der Waals surface area (Å²) in [5.74, 6) is 0.272. The number of carbonyl (C=O) groups excluding carboxylic acids is 2. The van der Waals surface area contributed by atoms with Gasteiger partial charge in [0.1, 0.15) is 0 Å². The molecule has 1 aliphatic rings. The maximum atomic E-state index is 12.4. The number of carbonyl (C=O) groups is 2. The van der Waals surface area contributed by atoms with E-state index in [0.29, 0.717) is 12.5 Å². The largest absolute Gasteiger partial charge is 0.358 e. The lowest BCUT2D eigenvalue weighted by molar-refractivity contribution is -0.136. The summed E-state index contributed by atoms with van der Waals surface area (Å²) in [5.41, 5.74) is 1.19. The molecule has 4 nitrogen and oxygen atoms in total. The molecule has 0 unspecified atom stereocenters. The van der Waals surface area contributed by atoms with Crippen molar-refractivity contribution in [1.82, 2.24) is 10.2 Å². The van der Waals surface area contributed by atoms with Crippen LogP contribution in [-0.2, 0) is 9.59 Å². The van der Waals surface area contributed by atoms with Gasteiger partial charge in [-0.3, -0.25) is 9.59 Å². The van der Waals surface area contributed by atoms with Gasteiger partial charge in [0.2, 0.25) is 11.8 Å². The summed E-state index contributed by atoms with van der Waals surface area (Å²) in [5, 5.41) is 2.56. The van der Waals surface area contributed by atoms with E-state index in [9.17, 15) is 9.59 Å². The van der Waals surface area contributed by atoms with E-state index in [1.807, 2.05) is 19.1 Å². The van der Waals surface area contributed by atoms with Crippen LogP contribution in [0.4, 0.5) is 0 Å². The first-order valence-corrected chi connectivity index (χ1v) is 7.61. The number of likely N-dealkylation sites (N-methyl/N-ethyl adjacent to an activating group) is 2. The Morgan fingerprint density at radius 1 is 1.45 bits per heavy atom. The van der Waals surface area contributed by atoms with Crippen LogP contribution in [-0.4, -0.2) is 36.9 Å². The van der Waals surface area contributed by atoms with Crippen LogP contribution in [0.15, 0.2) is 28.7 Å². The van der Waals surface area contributed by atoms with Crippen molar-refractivity contribution in [3.8, 4) is 0 Å². The molecule has 0 radical (unpaired) electrons. The molecule has 1 N–H and O–H groups in total. The molecular weight excluding hydrogens is 320 g/mol. The van der Waals surface area contributed by atoms with Gasteiger partial charge >= 0.3 is 0 Å². The molecular formula is C15H19BrN2O2. The molecule has 1 fully saturated rings. The highest BCUT2D eigenvalue weighted by Crippen LogP contribution is 2.48. The highest BCUT2D eigenvalue weighted by Gasteiger charge is 2.45. The van der Waals surface area contributed by atoms with E-state index in [-0.39, 0.29) is 24.3 Å². The Kier molecular flexibility index (Phi) is 4.81. The van der Waals surface area contributed by atoms with E-state index in [1.54, 1.807) is 11.9 Å². The number of halogens is 1. The Morgan fingerprint density at radius 3 is 2.80 bits per heavy atom. The molecule has 1 saturated carbocycles. The quantitative estimate of drug-likeness (QED) is 0.894. The van der Waals surface area contributed by atoms with Crippen molar-refractivity contribution < 1.29 is 9.59 Å². The lowest BCUT2D eigenvalue weighted by Gasteiger charge is -2.20. The van der Waals surface area contributed by atoms with Crippen LogP contribution in [0.3, 0.4) is 0 Å². The van der Waals surface area contributed by atoms with Gasteiger partial charge in [-0.05, 0) is 37.0 Å². The Morgan fingerprint density at radius 2 is 2.20 bits per heavy atom. The summed E-state index contributed by atoms with van der Waals surface area (Å²) in [6.07, 6.45) is 0.875. The average molecular weight is 339 g/mol. The van der Waals surface area contributed by atoms with Crippen molar-refractivity contribution in [2.24, 2.45) is 5.92 Å². The summed E-state index contributed by atoms with van der Waals surface area (Å²) >= 11 is 3.45. The molecule has 2 amide bonds. The van der Waals surface area contributed by atoms with Crippen LogP contribution in [0.1, 0.15) is 24.8 Å². The molecule has 0 heterocycles. The second-order valence-corrected chi connectivity index (χ2v) is 5.94. The van der Waals surface area contributed by atoms with Gasteiger partial charge in [0, 0.05) is 24.0 Å². The fourth-order valence-electron chi connectivity index (χ4n) is 2.41. The van der Waals surface area contributed by atoms with Crippen molar-refractivity contribution in [3.05, 3.63) is 34.3 Å². The van der Waals surface area contributed by atoms with Gasteiger partial charge < -0.3 is 10.2 Å². The summed E-state index contributed by atoms with van der Waals surface area (Å²) in [6, 6.07) is 8.08. The number of nitrogens with one attached hydrogen (secondary N) is 1. The molecule has 20 heavy (non-hydrogen) atoms. The second-order valence-electron chi connectivity index (χ2n) is 5.03. The first kappa shape index (κ1) is 15.0. The maximum Gasteiger partial charge on any atom is 0.239 e. The molecule has 2 atom stereocenters. The standard InChI is InChI=1S/C15H19BrN2O2/c1-3-18(9-14(19)17-2)15(20)13-8-12(13)10-5-4-6-11(16)7-10/h4-7,12-13H,3,8-9H2,1-2H3,(H,17,19)/t12-,13-/m0/s1. The Labute approximate surface area is 127 Å². The van der Waals surface area contributed by atoms with Crippen LogP contribution in [0.5, 0.6) is 0 Å². The fraction of sp³-hybridized carbons (Fsp3) is 0.467. The average Bonchev–Trinajstić information content (AvgIpc) is 3.24. The van der Waals surface area contributed by atoms with Gasteiger partial charge in [0.25, 0.3) is 0 Å². The Hall–Kier alpha value is -1.36. The van der Waals surface area contributed by atoms with Gasteiger partial charge in [0.05, 0.1) is 6.54 Å². The molecule has 0 bridgehead atoms. The van der Waals surface area contributed by atoms with E-state index in [4.69, 9.17) is 0 Å². The van der Waals surface area contributed by atoms with Crippen LogP contribution < -0.4 is 5.32 Å². The fourth-order valence-corrected chi connectivity index (χ4v) is 2.82. The molecule has 0 aliphatic heterocycles. The highest BCUT2D eigenvalue weighted by atomic mass is 79.9. The summed E-state index contributed by atoms with van der Waals surface area (Å²) in [7, 11) is 1.59. The minimum absolute atomic E-state index is 0.0221. The maximum absolute atomic E-state index is 12.4. The lowest BCUT2D eigenvalue weighted by atomic mass is 10.1. The third kappa shape index (κ3) is 3.39. The Bertz CT molecular complexity index is 518. The zero-order valence-corrected chi connectivity index (χ0v) is 13.3. The van der Waals surface area contributed by atoms with Gasteiger partial charge in [-0.25, -0.2) is 0 Å². The first-order chi connectivity index (χ1) is 9.56. The van der Waals surface area contributed by atoms with E-state index in [1.165, 1.54) is 5.56 Å². The number of nitrogens with zero attached hydrogens (tertiary/aromatic N) is 1. The second kappa shape index (κ2) is 6.39. The zero-order valence-electron chi connectivity index (χ0n) is 11.7. The van der Waals surface area contributed by atoms with Crippen LogP contribution >= 0.6 is 15.9 Å². The van der Waals surface area contributed by atoms with Gasteiger partial charge in [-0.2, -0.15) is 0 Å². The predicted molar refractivity (Wildman–Crippen MR) is 81.3 cm³/mol. The number of rotatable bonds is 5.